The second-order valence-electron chi connectivity index (χ2n) is 9.32. The number of carbonyl (C=O) groups is 2. The van der Waals surface area contributed by atoms with Gasteiger partial charge in [-0.05, 0) is 48.9 Å². The number of benzene rings is 2. The molecular formula is C28H32N4O2S. The van der Waals surface area contributed by atoms with Crippen molar-refractivity contribution in [3.8, 4) is 0 Å². The molecule has 0 saturated carbocycles. The number of nitrogens with one attached hydrogen (secondary N) is 2. The summed E-state index contributed by atoms with van der Waals surface area (Å²) in [4.78, 5) is 32.1. The number of rotatable bonds is 7. The Labute approximate surface area is 210 Å². The molecule has 0 bridgehead atoms. The monoisotopic (exact) mass is 488 g/mol. The van der Waals surface area contributed by atoms with Crippen LogP contribution in [-0.4, -0.2) is 54.3 Å². The lowest BCUT2D eigenvalue weighted by Crippen LogP contribution is -2.48. The highest BCUT2D eigenvalue weighted by molar-refractivity contribution is 7.17. The van der Waals surface area contributed by atoms with E-state index in [0.29, 0.717) is 17.1 Å². The zero-order valence-corrected chi connectivity index (χ0v) is 20.8. The van der Waals surface area contributed by atoms with Gasteiger partial charge in [-0.1, -0.05) is 48.5 Å². The fourth-order valence-electron chi connectivity index (χ4n) is 4.93. The molecule has 7 heteroatoms. The summed E-state index contributed by atoms with van der Waals surface area (Å²) in [6.07, 6.45) is 4.08. The molecule has 1 aliphatic heterocycles. The largest absolute Gasteiger partial charge is 0.322 e. The zero-order valence-electron chi connectivity index (χ0n) is 20.0. The van der Waals surface area contributed by atoms with Crippen LogP contribution in [0, 0.1) is 0 Å². The first-order valence-corrected chi connectivity index (χ1v) is 13.3. The lowest BCUT2D eigenvalue weighted by molar-refractivity contribution is -0.117. The van der Waals surface area contributed by atoms with Gasteiger partial charge in [0, 0.05) is 43.3 Å². The predicted octanol–water partition coefficient (Wildman–Crippen LogP) is 4.64. The Bertz CT molecular complexity index is 1150. The van der Waals surface area contributed by atoms with Gasteiger partial charge in [-0.2, -0.15) is 0 Å². The van der Waals surface area contributed by atoms with Gasteiger partial charge in [-0.25, -0.2) is 0 Å². The highest BCUT2D eigenvalue weighted by Crippen LogP contribution is 2.38. The fraction of sp³-hybridized carbons (Fsp3) is 0.357. The minimum absolute atomic E-state index is 0.0473. The lowest BCUT2D eigenvalue weighted by Gasteiger charge is -2.34. The molecule has 3 aromatic rings. The molecule has 2 N–H and O–H groups in total. The molecule has 1 aliphatic carbocycles. The van der Waals surface area contributed by atoms with Gasteiger partial charge in [0.1, 0.15) is 5.00 Å². The molecular weight excluding hydrogens is 456 g/mol. The zero-order chi connectivity index (χ0) is 24.0. The second kappa shape index (κ2) is 11.2. The summed E-state index contributed by atoms with van der Waals surface area (Å²) in [6, 6.07) is 20.0. The Morgan fingerprint density at radius 2 is 1.46 bits per heavy atom. The first-order chi connectivity index (χ1) is 17.2. The number of amides is 2. The third-order valence-corrected chi connectivity index (χ3v) is 7.97. The van der Waals surface area contributed by atoms with Crippen LogP contribution in [0.25, 0.3) is 0 Å². The summed E-state index contributed by atoms with van der Waals surface area (Å²) >= 11 is 1.57. The third-order valence-electron chi connectivity index (χ3n) is 6.76. The van der Waals surface area contributed by atoms with E-state index in [1.165, 1.54) is 10.4 Å². The summed E-state index contributed by atoms with van der Waals surface area (Å²) in [7, 11) is 0. The molecule has 6 nitrogen and oxygen atoms in total. The molecule has 182 valence electrons. The van der Waals surface area contributed by atoms with E-state index >= 15 is 0 Å². The van der Waals surface area contributed by atoms with Gasteiger partial charge >= 0.3 is 0 Å². The Kier molecular flexibility index (Phi) is 7.57. The molecule has 2 aliphatic rings. The van der Waals surface area contributed by atoms with Crippen molar-refractivity contribution in [1.29, 1.82) is 0 Å². The van der Waals surface area contributed by atoms with E-state index in [2.05, 4.69) is 44.7 Å². The number of para-hydroxylation sites is 1. The van der Waals surface area contributed by atoms with E-state index in [4.69, 9.17) is 0 Å². The van der Waals surface area contributed by atoms with E-state index in [1.54, 1.807) is 11.3 Å². The van der Waals surface area contributed by atoms with Gasteiger partial charge in [-0.3, -0.25) is 19.4 Å². The Balaban J connectivity index is 1.21. The van der Waals surface area contributed by atoms with Crippen molar-refractivity contribution >= 4 is 33.8 Å². The molecule has 5 rings (SSSR count). The number of anilines is 2. The van der Waals surface area contributed by atoms with Crippen LogP contribution in [0.1, 0.15) is 39.2 Å². The van der Waals surface area contributed by atoms with Crippen molar-refractivity contribution in [1.82, 2.24) is 9.80 Å². The van der Waals surface area contributed by atoms with E-state index in [9.17, 15) is 9.59 Å². The lowest BCUT2D eigenvalue weighted by atomic mass is 9.95. The quantitative estimate of drug-likeness (QED) is 0.509. The smallest absolute Gasteiger partial charge is 0.258 e. The molecule has 0 radical (unpaired) electrons. The minimum Gasteiger partial charge on any atom is -0.322 e. The summed E-state index contributed by atoms with van der Waals surface area (Å²) < 4.78 is 0. The molecule has 2 amide bonds. The second-order valence-corrected chi connectivity index (χ2v) is 10.4. The van der Waals surface area contributed by atoms with Crippen molar-refractivity contribution in [3.05, 3.63) is 82.2 Å². The summed E-state index contributed by atoms with van der Waals surface area (Å²) in [6.45, 7) is 4.91. The number of thiophene rings is 1. The molecule has 1 aromatic heterocycles. The van der Waals surface area contributed by atoms with Crippen molar-refractivity contribution in [2.75, 3.05) is 43.4 Å². The van der Waals surface area contributed by atoms with Crippen LogP contribution in [0.3, 0.4) is 0 Å². The minimum atomic E-state index is -0.138. The van der Waals surface area contributed by atoms with E-state index < -0.39 is 0 Å². The normalized spacial score (nSPS) is 16.5. The fourth-order valence-corrected chi connectivity index (χ4v) is 6.23. The number of aryl methyl sites for hydroxylation is 1. The average Bonchev–Trinajstić information content (AvgIpc) is 3.24. The van der Waals surface area contributed by atoms with Crippen LogP contribution in [0.15, 0.2) is 60.7 Å². The van der Waals surface area contributed by atoms with Gasteiger partial charge < -0.3 is 10.6 Å². The highest BCUT2D eigenvalue weighted by Gasteiger charge is 2.27. The Morgan fingerprint density at radius 1 is 0.800 bits per heavy atom. The third kappa shape index (κ3) is 5.99. The van der Waals surface area contributed by atoms with Crippen molar-refractivity contribution < 1.29 is 9.59 Å². The number of carbonyl (C=O) groups excluding carboxylic acids is 2. The van der Waals surface area contributed by atoms with Gasteiger partial charge in [0.15, 0.2) is 0 Å². The van der Waals surface area contributed by atoms with E-state index in [0.717, 1.165) is 69.7 Å². The number of fused-ring (bicyclic) bond motifs is 1. The van der Waals surface area contributed by atoms with Gasteiger partial charge in [0.05, 0.1) is 12.1 Å². The maximum absolute atomic E-state index is 13.3. The number of piperazine rings is 1. The van der Waals surface area contributed by atoms with Crippen LogP contribution in [-0.2, 0) is 24.2 Å². The van der Waals surface area contributed by atoms with Crippen molar-refractivity contribution in [2.45, 2.75) is 32.2 Å². The SMILES string of the molecule is O=C(CN1CCN(Cc2ccccc2)CC1)Nc1sc2c(c1C(=O)Nc1ccccc1)CCCC2. The van der Waals surface area contributed by atoms with E-state index in [-0.39, 0.29) is 11.8 Å². The molecule has 0 spiro atoms. The molecule has 1 saturated heterocycles. The molecule has 0 unspecified atom stereocenters. The number of hydrogen-bond acceptors (Lipinski definition) is 5. The molecule has 2 aromatic carbocycles. The van der Waals surface area contributed by atoms with Crippen LogP contribution in [0.5, 0.6) is 0 Å². The first kappa shape index (κ1) is 23.7. The molecule has 35 heavy (non-hydrogen) atoms. The maximum Gasteiger partial charge on any atom is 0.258 e. The van der Waals surface area contributed by atoms with Crippen LogP contribution >= 0.6 is 11.3 Å². The van der Waals surface area contributed by atoms with Gasteiger partial charge in [-0.15, -0.1) is 11.3 Å². The predicted molar refractivity (Wildman–Crippen MR) is 142 cm³/mol. The average molecular weight is 489 g/mol. The number of nitrogens with zero attached hydrogens (tertiary/aromatic N) is 2. The Morgan fingerprint density at radius 3 is 2.20 bits per heavy atom. The number of hydrogen-bond donors (Lipinski definition) is 2. The summed E-state index contributed by atoms with van der Waals surface area (Å²) in [5.41, 5.74) is 3.84. The molecule has 0 atom stereocenters. The standard InChI is InChI=1S/C28H32N4O2S/c33-25(20-32-17-15-31(16-18-32)19-21-9-3-1-4-10-21)30-28-26(23-13-7-8-14-24(23)35-28)27(34)29-22-11-5-2-6-12-22/h1-6,9-12H,7-8,13-20H2,(H,29,34)(H,30,33). The molecule has 1 fully saturated rings. The van der Waals surface area contributed by atoms with Crippen LogP contribution < -0.4 is 10.6 Å². The van der Waals surface area contributed by atoms with Gasteiger partial charge in [0.25, 0.3) is 5.91 Å². The summed E-state index contributed by atoms with van der Waals surface area (Å²) in [5.74, 6) is -0.186. The van der Waals surface area contributed by atoms with Gasteiger partial charge in [0.2, 0.25) is 5.91 Å². The topological polar surface area (TPSA) is 64.7 Å². The van der Waals surface area contributed by atoms with Crippen LogP contribution in [0.4, 0.5) is 10.7 Å². The summed E-state index contributed by atoms with van der Waals surface area (Å²) in [5, 5.41) is 6.80. The first-order valence-electron chi connectivity index (χ1n) is 12.4. The molecule has 2 heterocycles. The highest BCUT2D eigenvalue weighted by atomic mass is 32.1. The van der Waals surface area contributed by atoms with E-state index in [1.807, 2.05) is 36.4 Å². The van der Waals surface area contributed by atoms with Crippen molar-refractivity contribution in [3.63, 3.8) is 0 Å². The maximum atomic E-state index is 13.3. The van der Waals surface area contributed by atoms with Crippen LogP contribution in [0.2, 0.25) is 0 Å². The van der Waals surface area contributed by atoms with Crippen molar-refractivity contribution in [2.24, 2.45) is 0 Å². The Hall–Kier alpha value is -3.00.